The van der Waals surface area contributed by atoms with Crippen molar-refractivity contribution in [1.82, 2.24) is 10.3 Å². The molecule has 2 rings (SSSR count). The fraction of sp³-hybridized carbons (Fsp3) is 0.263. The second-order valence-corrected chi connectivity index (χ2v) is 6.53. The number of hydrogen-bond acceptors (Lipinski definition) is 7. The van der Waals surface area contributed by atoms with Gasteiger partial charge in [-0.1, -0.05) is 11.1 Å². The zero-order chi connectivity index (χ0) is 19.9. The van der Waals surface area contributed by atoms with Gasteiger partial charge in [0.15, 0.2) is 5.54 Å². The summed E-state index contributed by atoms with van der Waals surface area (Å²) in [6.45, 7) is 1.51. The topological polar surface area (TPSA) is 96.6 Å². The van der Waals surface area contributed by atoms with Gasteiger partial charge in [0.05, 0.1) is 17.8 Å². The molecule has 138 valence electrons. The highest BCUT2D eigenvalue weighted by atomic mass is 32.2. The molecule has 2 unspecified atom stereocenters. The molecule has 0 spiro atoms. The average molecular weight is 382 g/mol. The van der Waals surface area contributed by atoms with Gasteiger partial charge in [0, 0.05) is 17.1 Å². The van der Waals surface area contributed by atoms with E-state index in [1.54, 1.807) is 30.7 Å². The first-order valence-electron chi connectivity index (χ1n) is 7.81. The van der Waals surface area contributed by atoms with Gasteiger partial charge in [0.25, 0.3) is 5.91 Å². The third-order valence-electron chi connectivity index (χ3n) is 3.52. The molecule has 0 fully saturated rings. The summed E-state index contributed by atoms with van der Waals surface area (Å²) in [4.78, 5) is 21.4. The molecule has 0 aliphatic rings. The van der Waals surface area contributed by atoms with E-state index in [0.29, 0.717) is 11.3 Å². The Morgan fingerprint density at radius 1 is 1.52 bits per heavy atom. The lowest BCUT2D eigenvalue weighted by Gasteiger charge is -2.22. The highest BCUT2D eigenvalue weighted by Crippen LogP contribution is 2.23. The van der Waals surface area contributed by atoms with Gasteiger partial charge in [0.1, 0.15) is 12.9 Å². The highest BCUT2D eigenvalue weighted by molar-refractivity contribution is 7.99. The summed E-state index contributed by atoms with van der Waals surface area (Å²) in [5.41, 5.74) is -0.769. The number of oxime groups is 1. The number of fused-ring (bicyclic) bond motifs is 1. The summed E-state index contributed by atoms with van der Waals surface area (Å²) >= 11 is 1.19. The number of nitrogens with zero attached hydrogens (tertiary/aromatic N) is 3. The van der Waals surface area contributed by atoms with Crippen molar-refractivity contribution in [3.05, 3.63) is 36.0 Å². The lowest BCUT2D eigenvalue weighted by atomic mass is 10.1. The van der Waals surface area contributed by atoms with Crippen molar-refractivity contribution < 1.29 is 14.4 Å². The van der Waals surface area contributed by atoms with Gasteiger partial charge in [0.2, 0.25) is 5.44 Å². The summed E-state index contributed by atoms with van der Waals surface area (Å²) in [7, 11) is 1.35. The molecule has 7 nitrogen and oxygen atoms in total. The summed E-state index contributed by atoms with van der Waals surface area (Å²) in [5.74, 6) is 2.55. The summed E-state index contributed by atoms with van der Waals surface area (Å²) in [6.07, 6.45) is 9.97. The zero-order valence-corrected chi connectivity index (χ0v) is 15.9. The maximum atomic E-state index is 12.5. The van der Waals surface area contributed by atoms with Crippen LogP contribution in [0.15, 0.2) is 35.6 Å². The molecular weight excluding hydrogens is 364 g/mol. The number of thioether (sulfide) groups is 1. The molecule has 0 bridgehead atoms. The van der Waals surface area contributed by atoms with Crippen molar-refractivity contribution in [2.24, 2.45) is 5.16 Å². The molecule has 1 N–H and O–H groups in total. The summed E-state index contributed by atoms with van der Waals surface area (Å²) < 4.78 is 5.79. The van der Waals surface area contributed by atoms with Crippen molar-refractivity contribution in [3.8, 4) is 24.2 Å². The van der Waals surface area contributed by atoms with Gasteiger partial charge in [-0.3, -0.25) is 9.78 Å². The Morgan fingerprint density at radius 3 is 2.93 bits per heavy atom. The minimum atomic E-state index is -1.32. The first-order valence-corrected chi connectivity index (χ1v) is 9.10. The maximum Gasteiger partial charge on any atom is 0.273 e. The molecule has 0 saturated carbocycles. The van der Waals surface area contributed by atoms with Crippen LogP contribution in [0.25, 0.3) is 10.9 Å². The van der Waals surface area contributed by atoms with Gasteiger partial charge in [-0.2, -0.15) is 5.26 Å². The summed E-state index contributed by atoms with van der Waals surface area (Å²) in [6, 6.07) is 9.05. The average Bonchev–Trinajstić information content (AvgIpc) is 2.69. The number of amides is 1. The lowest BCUT2D eigenvalue weighted by Crippen LogP contribution is -2.50. The van der Waals surface area contributed by atoms with Crippen LogP contribution >= 0.6 is 11.8 Å². The number of pyridine rings is 1. The fourth-order valence-electron chi connectivity index (χ4n) is 2.16. The Balaban J connectivity index is 2.19. The molecule has 0 radical (unpaired) electrons. The van der Waals surface area contributed by atoms with E-state index >= 15 is 0 Å². The number of terminal acetylenes is 1. The molecule has 2 aromatic rings. The molecule has 0 aliphatic heterocycles. The Hall–Kier alpha value is -3.23. The van der Waals surface area contributed by atoms with Crippen molar-refractivity contribution in [3.63, 3.8) is 0 Å². The van der Waals surface area contributed by atoms with E-state index in [-0.39, 0.29) is 0 Å². The fourth-order valence-corrected chi connectivity index (χ4v) is 2.64. The molecule has 1 amide bonds. The predicted molar refractivity (Wildman–Crippen MR) is 105 cm³/mol. The molecule has 0 aliphatic carbocycles. The Morgan fingerprint density at radius 2 is 2.30 bits per heavy atom. The van der Waals surface area contributed by atoms with E-state index in [1.807, 2.05) is 12.1 Å². The normalized spacial score (nSPS) is 14.0. The predicted octanol–water partition coefficient (Wildman–Crippen LogP) is 2.31. The van der Waals surface area contributed by atoms with Crippen LogP contribution in [-0.4, -0.2) is 41.4 Å². The van der Waals surface area contributed by atoms with Gasteiger partial charge in [-0.25, -0.2) is 0 Å². The zero-order valence-electron chi connectivity index (χ0n) is 15.1. The molecule has 8 heteroatoms. The van der Waals surface area contributed by atoms with E-state index < -0.39 is 16.9 Å². The number of carbonyl (C=O) groups excluding carboxylic acids is 1. The highest BCUT2D eigenvalue weighted by Gasteiger charge is 2.29. The second-order valence-electron chi connectivity index (χ2n) is 5.63. The third-order valence-corrected chi connectivity index (χ3v) is 4.26. The second kappa shape index (κ2) is 8.93. The smallest absolute Gasteiger partial charge is 0.273 e. The molecular formula is C19H18N4O3S. The SMILES string of the molecule is C#Cc1cnc2ccc(OC(SC)C(=O)NC(C)(C#N)C=NOC)cc2c1. The number of carbonyl (C=O) groups is 1. The maximum absolute atomic E-state index is 12.5. The Bertz CT molecular complexity index is 948. The lowest BCUT2D eigenvalue weighted by molar-refractivity contribution is -0.125. The van der Waals surface area contributed by atoms with Crippen LogP contribution in [-0.2, 0) is 9.63 Å². The van der Waals surface area contributed by atoms with Crippen LogP contribution in [0.5, 0.6) is 5.75 Å². The molecule has 1 heterocycles. The molecule has 1 aromatic heterocycles. The van der Waals surface area contributed by atoms with Gasteiger partial charge >= 0.3 is 0 Å². The first kappa shape index (κ1) is 20.1. The number of benzene rings is 1. The minimum absolute atomic E-state index is 0.468. The number of nitriles is 1. The van der Waals surface area contributed by atoms with Crippen molar-refractivity contribution in [1.29, 1.82) is 5.26 Å². The number of aromatic nitrogens is 1. The standard InChI is InChI=1S/C19H18N4O3S/c1-5-13-8-14-9-15(6-7-16(14)21-10-13)26-18(27-4)17(24)23-19(2,11-20)12-22-25-3/h1,6-10,12,18H,2-4H3,(H,23,24). The number of rotatable bonds is 7. The Kier molecular flexibility index (Phi) is 6.64. The van der Waals surface area contributed by atoms with E-state index in [9.17, 15) is 10.1 Å². The van der Waals surface area contributed by atoms with Gasteiger partial charge in [-0.15, -0.1) is 18.2 Å². The molecule has 1 aromatic carbocycles. The van der Waals surface area contributed by atoms with Crippen LogP contribution in [0.2, 0.25) is 0 Å². The van der Waals surface area contributed by atoms with Gasteiger partial charge < -0.3 is 14.9 Å². The van der Waals surface area contributed by atoms with Crippen LogP contribution < -0.4 is 10.1 Å². The van der Waals surface area contributed by atoms with E-state index in [4.69, 9.17) is 11.2 Å². The number of nitrogens with one attached hydrogen (secondary N) is 1. The summed E-state index contributed by atoms with van der Waals surface area (Å²) in [5, 5.41) is 16.2. The monoisotopic (exact) mass is 382 g/mol. The first-order chi connectivity index (χ1) is 12.9. The molecule has 2 atom stereocenters. The van der Waals surface area contributed by atoms with E-state index in [0.717, 1.165) is 10.9 Å². The van der Waals surface area contributed by atoms with Crippen molar-refractivity contribution in [2.45, 2.75) is 17.9 Å². The van der Waals surface area contributed by atoms with E-state index in [2.05, 4.69) is 26.2 Å². The van der Waals surface area contributed by atoms with Gasteiger partial charge in [-0.05, 0) is 37.4 Å². The molecule has 27 heavy (non-hydrogen) atoms. The van der Waals surface area contributed by atoms with Crippen LogP contribution in [0.3, 0.4) is 0 Å². The minimum Gasteiger partial charge on any atom is -0.470 e. The van der Waals surface area contributed by atoms with Crippen molar-refractivity contribution in [2.75, 3.05) is 13.4 Å². The Labute approximate surface area is 161 Å². The molecule has 0 saturated heterocycles. The number of ether oxygens (including phenoxy) is 1. The van der Waals surface area contributed by atoms with E-state index in [1.165, 1.54) is 32.0 Å². The van der Waals surface area contributed by atoms with Crippen molar-refractivity contribution >= 4 is 34.8 Å². The van der Waals surface area contributed by atoms with Crippen LogP contribution in [0, 0.1) is 23.7 Å². The quantitative estimate of drug-likeness (QED) is 0.342. The largest absolute Gasteiger partial charge is 0.470 e. The van der Waals surface area contributed by atoms with Crippen LogP contribution in [0.4, 0.5) is 0 Å². The van der Waals surface area contributed by atoms with Crippen LogP contribution in [0.1, 0.15) is 12.5 Å². The number of hydrogen-bond donors (Lipinski definition) is 1. The third kappa shape index (κ3) is 5.13.